The molecule has 2 nitrogen and oxygen atoms in total. The van der Waals surface area contributed by atoms with Crippen LogP contribution in [-0.4, -0.2) is 19.8 Å². The Bertz CT molecular complexity index is 358. The first kappa shape index (κ1) is 11.4. The van der Waals surface area contributed by atoms with Crippen molar-refractivity contribution in [2.75, 3.05) is 13.7 Å². The molecule has 0 radical (unpaired) electrons. The molecule has 1 aromatic rings. The molecule has 1 fully saturated rings. The lowest BCUT2D eigenvalue weighted by Gasteiger charge is -2.06. The highest BCUT2D eigenvalue weighted by atomic mass is 16.5. The van der Waals surface area contributed by atoms with Gasteiger partial charge in [0.1, 0.15) is 0 Å². The predicted molar refractivity (Wildman–Crippen MR) is 67.0 cm³/mol. The minimum atomic E-state index is 0.367. The fraction of sp³-hybridized carbons (Fsp3) is 0.429. The third-order valence-corrected chi connectivity index (χ3v) is 3.06. The van der Waals surface area contributed by atoms with Gasteiger partial charge in [0, 0.05) is 19.8 Å². The zero-order valence-electron chi connectivity index (χ0n) is 9.73. The van der Waals surface area contributed by atoms with E-state index in [1.54, 1.807) is 7.11 Å². The minimum Gasteiger partial charge on any atom is -0.384 e. The summed E-state index contributed by atoms with van der Waals surface area (Å²) in [5, 5.41) is 0. The van der Waals surface area contributed by atoms with Crippen molar-refractivity contribution in [3.8, 4) is 0 Å². The Morgan fingerprint density at radius 1 is 1.44 bits per heavy atom. The van der Waals surface area contributed by atoms with Crippen molar-refractivity contribution in [1.29, 1.82) is 0 Å². The molecule has 1 saturated carbocycles. The molecule has 16 heavy (non-hydrogen) atoms. The van der Waals surface area contributed by atoms with Gasteiger partial charge in [-0.3, -0.25) is 0 Å². The van der Waals surface area contributed by atoms with Gasteiger partial charge in [-0.2, -0.15) is 0 Å². The smallest absolute Gasteiger partial charge is 0.0499 e. The zero-order valence-corrected chi connectivity index (χ0v) is 9.73. The molecule has 2 rings (SSSR count). The first-order chi connectivity index (χ1) is 7.81. The Kier molecular flexibility index (Phi) is 3.75. The largest absolute Gasteiger partial charge is 0.384 e. The summed E-state index contributed by atoms with van der Waals surface area (Å²) < 4.78 is 5.14. The van der Waals surface area contributed by atoms with Gasteiger partial charge in [0.25, 0.3) is 0 Å². The molecule has 0 aromatic heterocycles. The molecule has 86 valence electrons. The predicted octanol–water partition coefficient (Wildman–Crippen LogP) is 2.45. The van der Waals surface area contributed by atoms with Gasteiger partial charge in [0.15, 0.2) is 0 Å². The zero-order chi connectivity index (χ0) is 11.4. The van der Waals surface area contributed by atoms with Crippen molar-refractivity contribution in [3.05, 3.63) is 41.5 Å². The van der Waals surface area contributed by atoms with Crippen LogP contribution in [-0.2, 0) is 4.74 Å². The van der Waals surface area contributed by atoms with Crippen molar-refractivity contribution in [1.82, 2.24) is 0 Å². The molecule has 0 bridgehead atoms. The Morgan fingerprint density at radius 2 is 2.12 bits per heavy atom. The summed E-state index contributed by atoms with van der Waals surface area (Å²) in [5.74, 6) is 0.579. The lowest BCUT2D eigenvalue weighted by Crippen LogP contribution is -2.05. The molecule has 0 amide bonds. The Balaban J connectivity index is 2.08. The van der Waals surface area contributed by atoms with Gasteiger partial charge in [-0.25, -0.2) is 0 Å². The van der Waals surface area contributed by atoms with E-state index in [-0.39, 0.29) is 0 Å². The molecule has 1 unspecified atom stereocenters. The minimum absolute atomic E-state index is 0.367. The van der Waals surface area contributed by atoms with Gasteiger partial charge < -0.3 is 10.5 Å². The molecule has 0 spiro atoms. The number of ether oxygens (including phenoxy) is 1. The van der Waals surface area contributed by atoms with Crippen LogP contribution in [0.3, 0.4) is 0 Å². The molecule has 1 aromatic carbocycles. The Hall–Kier alpha value is -1.12. The third kappa shape index (κ3) is 2.94. The van der Waals surface area contributed by atoms with E-state index < -0.39 is 0 Å². The van der Waals surface area contributed by atoms with Crippen LogP contribution in [0.15, 0.2) is 35.9 Å². The summed E-state index contributed by atoms with van der Waals surface area (Å²) in [6.45, 7) is 0.780. The first-order valence-corrected chi connectivity index (χ1v) is 5.81. The van der Waals surface area contributed by atoms with Crippen molar-refractivity contribution in [3.63, 3.8) is 0 Å². The summed E-state index contributed by atoms with van der Waals surface area (Å²) in [5.41, 5.74) is 8.60. The third-order valence-electron chi connectivity index (χ3n) is 3.06. The molecule has 1 aliphatic rings. The second-order valence-electron chi connectivity index (χ2n) is 4.38. The number of hydrogen-bond donors (Lipinski definition) is 1. The van der Waals surface area contributed by atoms with Gasteiger partial charge >= 0.3 is 0 Å². The lowest BCUT2D eigenvalue weighted by molar-refractivity contribution is 0.201. The van der Waals surface area contributed by atoms with E-state index in [0.29, 0.717) is 12.0 Å². The number of methoxy groups -OCH3 is 1. The van der Waals surface area contributed by atoms with Gasteiger partial charge in [-0.1, -0.05) is 42.0 Å². The van der Waals surface area contributed by atoms with Gasteiger partial charge in [-0.15, -0.1) is 0 Å². The Labute approximate surface area is 97.1 Å². The molecular weight excluding hydrogens is 198 g/mol. The maximum Gasteiger partial charge on any atom is 0.0499 e. The average molecular weight is 217 g/mol. The van der Waals surface area contributed by atoms with E-state index in [2.05, 4.69) is 30.3 Å². The van der Waals surface area contributed by atoms with E-state index in [1.807, 2.05) is 6.07 Å². The van der Waals surface area contributed by atoms with Crippen LogP contribution in [0.25, 0.3) is 6.08 Å². The first-order valence-electron chi connectivity index (χ1n) is 5.81. The average Bonchev–Trinajstić information content (AvgIpc) is 3.03. The summed E-state index contributed by atoms with van der Waals surface area (Å²) in [6.07, 6.45) is 4.38. The molecule has 0 heterocycles. The van der Waals surface area contributed by atoms with E-state index in [1.165, 1.54) is 11.1 Å². The molecule has 2 heteroatoms. The quantitative estimate of drug-likeness (QED) is 0.822. The summed E-state index contributed by atoms with van der Waals surface area (Å²) in [4.78, 5) is 0. The highest BCUT2D eigenvalue weighted by Crippen LogP contribution is 2.38. The summed E-state index contributed by atoms with van der Waals surface area (Å²) >= 11 is 0. The number of benzene rings is 1. The molecule has 0 saturated heterocycles. The summed E-state index contributed by atoms with van der Waals surface area (Å²) in [6, 6.07) is 10.8. The fourth-order valence-electron chi connectivity index (χ4n) is 1.99. The summed E-state index contributed by atoms with van der Waals surface area (Å²) in [7, 11) is 1.74. The number of rotatable bonds is 5. The van der Waals surface area contributed by atoms with Crippen LogP contribution in [0.2, 0.25) is 0 Å². The van der Waals surface area contributed by atoms with Crippen molar-refractivity contribution in [2.45, 2.75) is 18.9 Å². The second kappa shape index (κ2) is 5.28. The molecule has 0 aliphatic heterocycles. The fourth-order valence-corrected chi connectivity index (χ4v) is 1.99. The van der Waals surface area contributed by atoms with E-state index >= 15 is 0 Å². The highest BCUT2D eigenvalue weighted by molar-refractivity contribution is 5.54. The maximum absolute atomic E-state index is 5.91. The molecule has 1 aliphatic carbocycles. The van der Waals surface area contributed by atoms with Gasteiger partial charge in [-0.05, 0) is 24.3 Å². The monoisotopic (exact) mass is 217 g/mol. The highest BCUT2D eigenvalue weighted by Gasteiger charge is 2.35. The topological polar surface area (TPSA) is 35.2 Å². The van der Waals surface area contributed by atoms with Crippen molar-refractivity contribution >= 4 is 6.08 Å². The van der Waals surface area contributed by atoms with Crippen LogP contribution in [0, 0.1) is 5.92 Å². The normalized spacial score (nSPS) is 24.5. The molecule has 2 atom stereocenters. The molecule has 2 N–H and O–H groups in total. The molecular formula is C14H19NO. The standard InChI is InChI=1S/C14H19NO/c1-16-8-7-12(13-10-14(13)15)9-11-5-3-2-4-6-11/h2-6,9,13-14H,7-8,10,15H2,1H3/t13-,14?/m0/s1. The number of hydrogen-bond acceptors (Lipinski definition) is 2. The number of nitrogens with two attached hydrogens (primary N) is 1. The van der Waals surface area contributed by atoms with Crippen LogP contribution >= 0.6 is 0 Å². The maximum atomic E-state index is 5.91. The van der Waals surface area contributed by atoms with Crippen LogP contribution in [0.5, 0.6) is 0 Å². The lowest BCUT2D eigenvalue weighted by atomic mass is 10.0. The Morgan fingerprint density at radius 3 is 2.69 bits per heavy atom. The van der Waals surface area contributed by atoms with Gasteiger partial charge in [0.05, 0.1) is 0 Å². The van der Waals surface area contributed by atoms with Gasteiger partial charge in [0.2, 0.25) is 0 Å². The van der Waals surface area contributed by atoms with Crippen molar-refractivity contribution in [2.24, 2.45) is 11.7 Å². The van der Waals surface area contributed by atoms with Crippen LogP contribution in [0.4, 0.5) is 0 Å². The van der Waals surface area contributed by atoms with Crippen LogP contribution < -0.4 is 5.73 Å². The van der Waals surface area contributed by atoms with Crippen molar-refractivity contribution < 1.29 is 4.74 Å². The van der Waals surface area contributed by atoms with E-state index in [4.69, 9.17) is 10.5 Å². The van der Waals surface area contributed by atoms with E-state index in [9.17, 15) is 0 Å². The SMILES string of the molecule is COCCC(=Cc1ccccc1)[C@@H]1CC1N. The van der Waals surface area contributed by atoms with E-state index in [0.717, 1.165) is 19.4 Å². The second-order valence-corrected chi connectivity index (χ2v) is 4.38. The van der Waals surface area contributed by atoms with Crippen LogP contribution in [0.1, 0.15) is 18.4 Å².